The van der Waals surface area contributed by atoms with Gasteiger partial charge in [0.1, 0.15) is 11.6 Å². The second-order valence-electron chi connectivity index (χ2n) is 12.2. The summed E-state index contributed by atoms with van der Waals surface area (Å²) in [5.41, 5.74) is -1.66. The molecule has 0 fully saturated rings. The molecule has 5 N–H and O–H groups in total. The molecular formula is C37H44N4O13-2. The van der Waals surface area contributed by atoms with Crippen molar-refractivity contribution in [1.29, 1.82) is 0 Å². The number of carboxylic acid groups (broad SMARTS) is 2. The van der Waals surface area contributed by atoms with Gasteiger partial charge < -0.3 is 40.3 Å². The van der Waals surface area contributed by atoms with Gasteiger partial charge in [-0.1, -0.05) is 60.7 Å². The van der Waals surface area contributed by atoms with E-state index < -0.39 is 72.1 Å². The number of ether oxygens (including phenoxy) is 1. The molecule has 4 amide bonds. The standard InChI is InChI=1S/C37H46N4O13/c1-54-35(48)29(17-9-11-23-41(53)33(45)21-19-27-14-6-3-7-15-27)39-31(43)25-37(51,36(49)50)24-30(42)38-28(34(46)47)16-8-10-22-40(52)32(44)20-18-26-12-4-2-5-13-26/h2-7,12-15,18-21,28-29,51-53H,8-11,16-17,22-25H2,1H3,(H,38,42)(H,39,43)(H,46,47)(H,49,50)/p-2/b20-18+,21-19+/t28-,29-,37?/m0/s1. The van der Waals surface area contributed by atoms with Crippen LogP contribution in [0.2, 0.25) is 0 Å². The molecule has 54 heavy (non-hydrogen) atoms. The zero-order valence-corrected chi connectivity index (χ0v) is 29.6. The first-order valence-corrected chi connectivity index (χ1v) is 16.9. The molecule has 0 aliphatic heterocycles. The quantitative estimate of drug-likeness (QED) is 0.0311. The summed E-state index contributed by atoms with van der Waals surface area (Å²) in [6.45, 7) is -0.303. The van der Waals surface area contributed by atoms with Crippen LogP contribution < -0.4 is 20.8 Å². The topological polar surface area (TPSA) is 266 Å². The average molecular weight is 753 g/mol. The molecule has 1 unspecified atom stereocenters. The highest BCUT2D eigenvalue weighted by molar-refractivity contribution is 5.93. The van der Waals surface area contributed by atoms with E-state index in [0.29, 0.717) is 10.1 Å². The van der Waals surface area contributed by atoms with Gasteiger partial charge in [-0.3, -0.25) is 29.6 Å². The van der Waals surface area contributed by atoms with Crippen molar-refractivity contribution >= 4 is 53.7 Å². The van der Waals surface area contributed by atoms with E-state index in [0.717, 1.165) is 24.3 Å². The van der Waals surface area contributed by atoms with Crippen molar-refractivity contribution in [2.75, 3.05) is 20.2 Å². The van der Waals surface area contributed by atoms with Gasteiger partial charge in [0.2, 0.25) is 11.8 Å². The number of aliphatic hydroxyl groups is 1. The highest BCUT2D eigenvalue weighted by atomic mass is 16.5. The number of nitrogens with zero attached hydrogens (tertiary/aromatic N) is 2. The monoisotopic (exact) mass is 752 g/mol. The molecule has 0 saturated heterocycles. The van der Waals surface area contributed by atoms with Crippen LogP contribution in [0.25, 0.3) is 12.2 Å². The highest BCUT2D eigenvalue weighted by Crippen LogP contribution is 2.17. The fourth-order valence-electron chi connectivity index (χ4n) is 4.94. The van der Waals surface area contributed by atoms with Gasteiger partial charge in [-0.25, -0.2) is 14.9 Å². The first-order valence-electron chi connectivity index (χ1n) is 16.9. The number of hydroxylamine groups is 4. The Balaban J connectivity index is 1.85. The van der Waals surface area contributed by atoms with Crippen LogP contribution in [0.3, 0.4) is 0 Å². The number of carbonyl (C=O) groups is 7. The van der Waals surface area contributed by atoms with Gasteiger partial charge in [0.15, 0.2) is 0 Å². The molecule has 0 bridgehead atoms. The van der Waals surface area contributed by atoms with Crippen LogP contribution in [-0.4, -0.2) is 105 Å². The summed E-state index contributed by atoms with van der Waals surface area (Å²) >= 11 is 0. The summed E-state index contributed by atoms with van der Waals surface area (Å²) in [4.78, 5) is 85.5. The fraction of sp³-hybridized carbons (Fsp3) is 0.378. The van der Waals surface area contributed by atoms with Crippen molar-refractivity contribution in [3.05, 3.63) is 83.9 Å². The Morgan fingerprint density at radius 3 is 1.50 bits per heavy atom. The van der Waals surface area contributed by atoms with Crippen LogP contribution in [0.5, 0.6) is 0 Å². The minimum atomic E-state index is -3.12. The van der Waals surface area contributed by atoms with Crippen molar-refractivity contribution in [2.45, 2.75) is 69.1 Å². The zero-order chi connectivity index (χ0) is 40.1. The minimum absolute atomic E-state index is 0.0612. The molecule has 0 aliphatic rings. The number of carbonyl (C=O) groups excluding carboxylic acids is 7. The lowest BCUT2D eigenvalue weighted by molar-refractivity contribution is -0.324. The molecule has 0 aliphatic carbocycles. The number of rotatable bonds is 23. The van der Waals surface area contributed by atoms with Gasteiger partial charge in [-0.05, 0) is 61.8 Å². The normalized spacial score (nSPS) is 13.3. The Labute approximate surface area is 311 Å². The van der Waals surface area contributed by atoms with Crippen molar-refractivity contribution in [1.82, 2.24) is 20.8 Å². The van der Waals surface area contributed by atoms with Crippen LogP contribution in [0.15, 0.2) is 72.8 Å². The minimum Gasteiger partial charge on any atom is -0.548 e. The molecule has 0 spiro atoms. The third kappa shape index (κ3) is 16.2. The summed E-state index contributed by atoms with van der Waals surface area (Å²) in [6.07, 6.45) is 2.94. The number of amides is 4. The predicted molar refractivity (Wildman–Crippen MR) is 186 cm³/mol. The predicted octanol–water partition coefficient (Wildman–Crippen LogP) is -0.657. The number of carboxylic acids is 2. The lowest BCUT2D eigenvalue weighted by Crippen LogP contribution is -2.56. The second-order valence-corrected chi connectivity index (χ2v) is 12.2. The maximum Gasteiger partial charge on any atom is 0.328 e. The van der Waals surface area contributed by atoms with Gasteiger partial charge in [-0.15, -0.1) is 0 Å². The Bertz CT molecular complexity index is 1630. The molecule has 17 nitrogen and oxygen atoms in total. The first-order chi connectivity index (χ1) is 25.6. The number of hydrogen-bond acceptors (Lipinski definition) is 13. The molecule has 292 valence electrons. The summed E-state index contributed by atoms with van der Waals surface area (Å²) < 4.78 is 4.67. The highest BCUT2D eigenvalue weighted by Gasteiger charge is 2.36. The lowest BCUT2D eigenvalue weighted by Gasteiger charge is -2.30. The Hall–Kier alpha value is -5.91. The maximum absolute atomic E-state index is 12.8. The Kier molecular flexibility index (Phi) is 18.8. The van der Waals surface area contributed by atoms with Crippen LogP contribution in [-0.2, 0) is 38.3 Å². The number of benzene rings is 2. The van der Waals surface area contributed by atoms with E-state index in [-0.39, 0.29) is 51.6 Å². The fourth-order valence-corrected chi connectivity index (χ4v) is 4.94. The van der Waals surface area contributed by atoms with Gasteiger partial charge in [0.25, 0.3) is 11.8 Å². The van der Waals surface area contributed by atoms with Crippen LogP contribution in [0.1, 0.15) is 62.5 Å². The zero-order valence-electron chi connectivity index (χ0n) is 29.6. The van der Waals surface area contributed by atoms with E-state index in [9.17, 15) is 59.3 Å². The summed E-state index contributed by atoms with van der Waals surface area (Å²) in [5.74, 6) is -8.76. The molecule has 2 aromatic rings. The smallest absolute Gasteiger partial charge is 0.328 e. The van der Waals surface area contributed by atoms with Gasteiger partial charge in [0, 0.05) is 25.2 Å². The van der Waals surface area contributed by atoms with Crippen LogP contribution in [0, 0.1) is 0 Å². The molecular weight excluding hydrogens is 708 g/mol. The Morgan fingerprint density at radius 2 is 1.11 bits per heavy atom. The molecule has 0 aromatic heterocycles. The third-order valence-electron chi connectivity index (χ3n) is 7.90. The Morgan fingerprint density at radius 1 is 0.704 bits per heavy atom. The average Bonchev–Trinajstić information content (AvgIpc) is 3.15. The molecule has 3 atom stereocenters. The van der Waals surface area contributed by atoms with Crippen LogP contribution >= 0.6 is 0 Å². The third-order valence-corrected chi connectivity index (χ3v) is 7.90. The van der Waals surface area contributed by atoms with Crippen molar-refractivity contribution < 1.29 is 64.0 Å². The van der Waals surface area contributed by atoms with E-state index >= 15 is 0 Å². The van der Waals surface area contributed by atoms with E-state index in [1.807, 2.05) is 5.32 Å². The summed E-state index contributed by atoms with van der Waals surface area (Å²) in [6, 6.07) is 14.7. The second kappa shape index (κ2) is 22.9. The van der Waals surface area contributed by atoms with Crippen molar-refractivity contribution in [3.8, 4) is 0 Å². The SMILES string of the molecule is COC(=O)[C@H](CCCCN(O)C(=O)/C=C/c1ccccc1)NC(=O)CC(O)(CC(=O)N[C@@H](CCCCN(O)C(=O)/C=C/c1ccccc1)C(=O)[O-])C(=O)[O-]. The van der Waals surface area contributed by atoms with Gasteiger partial charge >= 0.3 is 5.97 Å². The summed E-state index contributed by atoms with van der Waals surface area (Å²) in [5, 5.41) is 59.3. The first kappa shape index (κ1) is 44.3. The number of nitrogens with one attached hydrogen (secondary N) is 2. The van der Waals surface area contributed by atoms with E-state index in [1.165, 1.54) is 18.2 Å². The van der Waals surface area contributed by atoms with Gasteiger partial charge in [0.05, 0.1) is 37.9 Å². The number of unbranched alkanes of at least 4 members (excludes halogenated alkanes) is 2. The molecule has 0 radical (unpaired) electrons. The maximum atomic E-state index is 12.8. The van der Waals surface area contributed by atoms with Crippen molar-refractivity contribution in [3.63, 3.8) is 0 Å². The summed E-state index contributed by atoms with van der Waals surface area (Å²) in [7, 11) is 1.04. The number of methoxy groups -OCH3 is 1. The van der Waals surface area contributed by atoms with E-state index in [1.54, 1.807) is 60.7 Å². The lowest BCUT2D eigenvalue weighted by atomic mass is 9.94. The van der Waals surface area contributed by atoms with Gasteiger partial charge in [-0.2, -0.15) is 0 Å². The van der Waals surface area contributed by atoms with E-state index in [2.05, 4.69) is 10.1 Å². The number of hydrogen-bond donors (Lipinski definition) is 5. The largest absolute Gasteiger partial charge is 0.548 e. The van der Waals surface area contributed by atoms with Crippen molar-refractivity contribution in [2.24, 2.45) is 0 Å². The molecule has 0 saturated carbocycles. The number of aliphatic carboxylic acids is 2. The van der Waals surface area contributed by atoms with E-state index in [4.69, 9.17) is 0 Å². The molecule has 0 heterocycles. The molecule has 2 rings (SSSR count). The molecule has 17 heteroatoms. The van der Waals surface area contributed by atoms with Crippen LogP contribution in [0.4, 0.5) is 0 Å². The molecule has 2 aromatic carbocycles. The number of esters is 1.